The van der Waals surface area contributed by atoms with Gasteiger partial charge in [-0.05, 0) is 12.1 Å². The number of nitrogen functional groups attached to an aromatic ring is 1. The fourth-order valence-corrected chi connectivity index (χ4v) is 1.47. The zero-order valence-corrected chi connectivity index (χ0v) is 8.25. The Morgan fingerprint density at radius 1 is 1.12 bits per heavy atom. The summed E-state index contributed by atoms with van der Waals surface area (Å²) in [6.07, 6.45) is 5.04. The first-order valence-corrected chi connectivity index (χ1v) is 4.71. The Kier molecular flexibility index (Phi) is 1.79. The molecule has 16 heavy (non-hydrogen) atoms. The highest BCUT2D eigenvalue weighted by Gasteiger charge is 2.06. The maximum Gasteiger partial charge on any atom is 0.222 e. The SMILES string of the molecule is Nc1ncc2[nH]c(-c3ccncc3)nc2n1. The number of imidazole rings is 1. The Morgan fingerprint density at radius 2 is 1.94 bits per heavy atom. The van der Waals surface area contributed by atoms with Crippen LogP contribution < -0.4 is 5.73 Å². The van der Waals surface area contributed by atoms with Crippen molar-refractivity contribution in [3.05, 3.63) is 30.7 Å². The topological polar surface area (TPSA) is 93.4 Å². The molecular weight excluding hydrogens is 204 g/mol. The molecule has 0 amide bonds. The summed E-state index contributed by atoms with van der Waals surface area (Å²) in [5.41, 5.74) is 7.77. The molecule has 0 aliphatic heterocycles. The van der Waals surface area contributed by atoms with Crippen LogP contribution in [0.15, 0.2) is 30.7 Å². The first-order valence-electron chi connectivity index (χ1n) is 4.71. The summed E-state index contributed by atoms with van der Waals surface area (Å²) in [4.78, 5) is 19.3. The zero-order chi connectivity index (χ0) is 11.0. The third-order valence-corrected chi connectivity index (χ3v) is 2.21. The van der Waals surface area contributed by atoms with E-state index in [4.69, 9.17) is 5.73 Å². The molecule has 0 aliphatic carbocycles. The van der Waals surface area contributed by atoms with E-state index in [0.29, 0.717) is 5.65 Å². The number of pyridine rings is 1. The second kappa shape index (κ2) is 3.27. The number of anilines is 1. The van der Waals surface area contributed by atoms with Gasteiger partial charge in [0.25, 0.3) is 0 Å². The number of rotatable bonds is 1. The molecule has 3 rings (SSSR count). The van der Waals surface area contributed by atoms with Gasteiger partial charge < -0.3 is 10.7 Å². The molecule has 3 aromatic rings. The average molecular weight is 212 g/mol. The maximum atomic E-state index is 5.49. The van der Waals surface area contributed by atoms with Gasteiger partial charge in [0.15, 0.2) is 5.65 Å². The summed E-state index contributed by atoms with van der Waals surface area (Å²) in [6.45, 7) is 0. The van der Waals surface area contributed by atoms with Gasteiger partial charge in [-0.3, -0.25) is 4.98 Å². The molecule has 0 saturated carbocycles. The number of fused-ring (bicyclic) bond motifs is 1. The second-order valence-corrected chi connectivity index (χ2v) is 3.29. The van der Waals surface area contributed by atoms with Crippen LogP contribution in [-0.4, -0.2) is 24.9 Å². The predicted octanol–water partition coefficient (Wildman–Crippen LogP) is 0.997. The molecule has 3 aromatic heterocycles. The number of aromatic nitrogens is 5. The number of nitrogens with zero attached hydrogens (tertiary/aromatic N) is 4. The molecule has 0 aromatic carbocycles. The first kappa shape index (κ1) is 8.78. The van der Waals surface area contributed by atoms with Crippen LogP contribution >= 0.6 is 0 Å². The highest BCUT2D eigenvalue weighted by Crippen LogP contribution is 2.17. The van der Waals surface area contributed by atoms with Gasteiger partial charge in [-0.2, -0.15) is 4.98 Å². The summed E-state index contributed by atoms with van der Waals surface area (Å²) in [5.74, 6) is 0.956. The predicted molar refractivity (Wildman–Crippen MR) is 59.3 cm³/mol. The molecule has 0 spiro atoms. The largest absolute Gasteiger partial charge is 0.368 e. The van der Waals surface area contributed by atoms with Crippen LogP contribution in [0, 0.1) is 0 Å². The molecule has 0 atom stereocenters. The first-order chi connectivity index (χ1) is 7.83. The lowest BCUT2D eigenvalue weighted by molar-refractivity contribution is 1.22. The molecule has 0 aliphatic rings. The molecule has 78 valence electrons. The fourth-order valence-electron chi connectivity index (χ4n) is 1.47. The van der Waals surface area contributed by atoms with E-state index < -0.39 is 0 Å². The van der Waals surface area contributed by atoms with Crippen molar-refractivity contribution in [2.24, 2.45) is 0 Å². The molecule has 0 unspecified atom stereocenters. The van der Waals surface area contributed by atoms with Gasteiger partial charge in [0.1, 0.15) is 11.3 Å². The van der Waals surface area contributed by atoms with E-state index in [1.165, 1.54) is 0 Å². The van der Waals surface area contributed by atoms with Crippen molar-refractivity contribution in [3.8, 4) is 11.4 Å². The van der Waals surface area contributed by atoms with E-state index in [9.17, 15) is 0 Å². The van der Waals surface area contributed by atoms with Crippen molar-refractivity contribution in [2.75, 3.05) is 5.73 Å². The molecule has 0 radical (unpaired) electrons. The lowest BCUT2D eigenvalue weighted by Gasteiger charge is -1.92. The molecule has 0 bridgehead atoms. The molecule has 6 nitrogen and oxygen atoms in total. The summed E-state index contributed by atoms with van der Waals surface area (Å²) >= 11 is 0. The third-order valence-electron chi connectivity index (χ3n) is 2.21. The number of H-pyrrole nitrogens is 1. The molecule has 0 saturated heterocycles. The van der Waals surface area contributed by atoms with Crippen LogP contribution in [0.3, 0.4) is 0 Å². The molecule has 3 heterocycles. The fraction of sp³-hybridized carbons (Fsp3) is 0. The van der Waals surface area contributed by atoms with Crippen LogP contribution in [0.1, 0.15) is 0 Å². The number of hydrogen-bond acceptors (Lipinski definition) is 5. The molecule has 6 heteroatoms. The Bertz CT molecular complexity index is 630. The third kappa shape index (κ3) is 1.36. The van der Waals surface area contributed by atoms with Gasteiger partial charge in [-0.25, -0.2) is 9.97 Å². The van der Waals surface area contributed by atoms with Crippen LogP contribution in [-0.2, 0) is 0 Å². The van der Waals surface area contributed by atoms with E-state index >= 15 is 0 Å². The molecule has 0 fully saturated rings. The lowest BCUT2D eigenvalue weighted by atomic mass is 10.3. The Hall–Kier alpha value is -2.50. The van der Waals surface area contributed by atoms with Crippen LogP contribution in [0.4, 0.5) is 5.95 Å². The minimum absolute atomic E-state index is 0.222. The zero-order valence-electron chi connectivity index (χ0n) is 8.25. The summed E-state index contributed by atoms with van der Waals surface area (Å²) in [5, 5.41) is 0. The number of hydrogen-bond donors (Lipinski definition) is 2. The minimum atomic E-state index is 0.222. The normalized spacial score (nSPS) is 10.8. The van der Waals surface area contributed by atoms with Gasteiger partial charge >= 0.3 is 0 Å². The van der Waals surface area contributed by atoms with Gasteiger partial charge in [0.2, 0.25) is 5.95 Å². The van der Waals surface area contributed by atoms with E-state index in [2.05, 4.69) is 24.9 Å². The van der Waals surface area contributed by atoms with Crippen LogP contribution in [0.2, 0.25) is 0 Å². The van der Waals surface area contributed by atoms with Crippen molar-refractivity contribution in [3.63, 3.8) is 0 Å². The monoisotopic (exact) mass is 212 g/mol. The van der Waals surface area contributed by atoms with Crippen molar-refractivity contribution >= 4 is 17.1 Å². The van der Waals surface area contributed by atoms with Gasteiger partial charge in [-0.1, -0.05) is 0 Å². The van der Waals surface area contributed by atoms with E-state index in [1.807, 2.05) is 12.1 Å². The number of nitrogens with two attached hydrogens (primary N) is 1. The van der Waals surface area contributed by atoms with Gasteiger partial charge in [-0.15, -0.1) is 0 Å². The molecule has 3 N–H and O–H groups in total. The van der Waals surface area contributed by atoms with Gasteiger partial charge in [0, 0.05) is 18.0 Å². The van der Waals surface area contributed by atoms with Crippen molar-refractivity contribution < 1.29 is 0 Å². The van der Waals surface area contributed by atoms with Crippen LogP contribution in [0.5, 0.6) is 0 Å². The Morgan fingerprint density at radius 3 is 2.75 bits per heavy atom. The smallest absolute Gasteiger partial charge is 0.222 e. The van der Waals surface area contributed by atoms with Gasteiger partial charge in [0.05, 0.1) is 6.20 Å². The standard InChI is InChI=1S/C10H8N6/c11-10-13-5-7-9(16-10)15-8(14-7)6-1-3-12-4-2-6/h1-5H,(H3,11,13,14,15,16). The Labute approximate surface area is 90.6 Å². The maximum absolute atomic E-state index is 5.49. The van der Waals surface area contributed by atoms with E-state index in [-0.39, 0.29) is 5.95 Å². The minimum Gasteiger partial charge on any atom is -0.368 e. The molecular formula is C10H8N6. The van der Waals surface area contributed by atoms with Crippen molar-refractivity contribution in [2.45, 2.75) is 0 Å². The highest BCUT2D eigenvalue weighted by atomic mass is 15.1. The van der Waals surface area contributed by atoms with E-state index in [1.54, 1.807) is 18.6 Å². The Balaban J connectivity index is 2.19. The van der Waals surface area contributed by atoms with Crippen LogP contribution in [0.25, 0.3) is 22.6 Å². The van der Waals surface area contributed by atoms with E-state index in [0.717, 1.165) is 16.9 Å². The van der Waals surface area contributed by atoms with Crippen molar-refractivity contribution in [1.29, 1.82) is 0 Å². The highest BCUT2D eigenvalue weighted by molar-refractivity contribution is 5.75. The summed E-state index contributed by atoms with van der Waals surface area (Å²) in [6, 6.07) is 3.74. The summed E-state index contributed by atoms with van der Waals surface area (Å²) in [7, 11) is 0. The number of aromatic amines is 1. The summed E-state index contributed by atoms with van der Waals surface area (Å²) < 4.78 is 0. The average Bonchev–Trinajstić information content (AvgIpc) is 2.73. The quantitative estimate of drug-likeness (QED) is 0.627. The second-order valence-electron chi connectivity index (χ2n) is 3.29. The lowest BCUT2D eigenvalue weighted by Crippen LogP contribution is -1.93. The number of nitrogens with one attached hydrogen (secondary N) is 1. The van der Waals surface area contributed by atoms with Crippen molar-refractivity contribution in [1.82, 2.24) is 24.9 Å².